The molecule has 1 aliphatic rings. The maximum Gasteiger partial charge on any atom is 0.353 e. The van der Waals surface area contributed by atoms with Gasteiger partial charge in [-0.1, -0.05) is 18.2 Å². The van der Waals surface area contributed by atoms with E-state index in [4.69, 9.17) is 0 Å². The first kappa shape index (κ1) is 12.7. The third-order valence-electron chi connectivity index (χ3n) is 2.48. The van der Waals surface area contributed by atoms with Crippen LogP contribution in [0.3, 0.4) is 0 Å². The van der Waals surface area contributed by atoms with Gasteiger partial charge in [-0.15, -0.1) is 4.41 Å². The molecule has 1 aliphatic heterocycles. The Balaban J connectivity index is 2.17. The molecule has 1 atom stereocenters. The van der Waals surface area contributed by atoms with Crippen molar-refractivity contribution in [2.45, 2.75) is 11.8 Å². The fourth-order valence-electron chi connectivity index (χ4n) is 1.53. The normalized spacial score (nSPS) is 17.4. The molecule has 1 heterocycles. The van der Waals surface area contributed by atoms with Crippen molar-refractivity contribution in [2.24, 2.45) is 5.10 Å². The Hall–Kier alpha value is -1.73. The number of nitrogens with zero attached hydrogens (tertiary/aromatic N) is 3. The molecule has 6 nitrogen and oxygen atoms in total. The fourth-order valence-corrected chi connectivity index (χ4v) is 2.54. The first-order valence-corrected chi connectivity index (χ1v) is 6.51. The van der Waals surface area contributed by atoms with Crippen molar-refractivity contribution < 1.29 is 9.00 Å². The van der Waals surface area contributed by atoms with E-state index in [1.54, 1.807) is 26.1 Å². The van der Waals surface area contributed by atoms with Gasteiger partial charge in [0.15, 0.2) is 0 Å². The van der Waals surface area contributed by atoms with Crippen molar-refractivity contribution in [3.63, 3.8) is 0 Å². The van der Waals surface area contributed by atoms with Gasteiger partial charge in [0.05, 0.1) is 17.2 Å². The molecule has 0 saturated heterocycles. The molecule has 1 N–H and O–H groups in total. The van der Waals surface area contributed by atoms with Crippen molar-refractivity contribution in [3.8, 4) is 0 Å². The first-order chi connectivity index (χ1) is 8.59. The summed E-state index contributed by atoms with van der Waals surface area (Å²) in [6.07, 6.45) is 0. The molecule has 0 radical (unpaired) electrons. The van der Waals surface area contributed by atoms with Gasteiger partial charge < -0.3 is 0 Å². The number of hydrazone groups is 1. The minimum Gasteiger partial charge on any atom is -0.245 e. The smallest absolute Gasteiger partial charge is 0.245 e. The molecule has 0 bridgehead atoms. The van der Waals surface area contributed by atoms with Crippen molar-refractivity contribution in [1.29, 1.82) is 0 Å². The Morgan fingerprint density at radius 1 is 1.39 bits per heavy atom. The summed E-state index contributed by atoms with van der Waals surface area (Å²) in [5, 5.41) is 5.19. The molecule has 1 unspecified atom stereocenters. The van der Waals surface area contributed by atoms with Crippen LogP contribution in [0.4, 0.5) is 4.79 Å². The molecule has 0 fully saturated rings. The van der Waals surface area contributed by atoms with E-state index in [0.29, 0.717) is 11.4 Å². The van der Waals surface area contributed by atoms with Gasteiger partial charge in [-0.2, -0.15) is 5.10 Å². The molecule has 2 amide bonds. The molecule has 1 aromatic carbocycles. The van der Waals surface area contributed by atoms with Crippen LogP contribution >= 0.6 is 0 Å². The molecule has 96 valence electrons. The average molecular weight is 266 g/mol. The van der Waals surface area contributed by atoms with Crippen molar-refractivity contribution in [1.82, 2.24) is 14.8 Å². The third-order valence-corrected chi connectivity index (χ3v) is 3.83. The second-order valence-electron chi connectivity index (χ2n) is 3.85. The molecule has 18 heavy (non-hydrogen) atoms. The molecule has 0 spiro atoms. The summed E-state index contributed by atoms with van der Waals surface area (Å²) >= 11 is 0. The van der Waals surface area contributed by atoms with Gasteiger partial charge >= 0.3 is 6.03 Å². The predicted octanol–water partition coefficient (Wildman–Crippen LogP) is 0.957. The lowest BCUT2D eigenvalue weighted by molar-refractivity contribution is 0.125. The monoisotopic (exact) mass is 266 g/mol. The van der Waals surface area contributed by atoms with Crippen molar-refractivity contribution in [2.75, 3.05) is 13.6 Å². The number of carbonyl (C=O) groups is 1. The largest absolute Gasteiger partial charge is 0.353 e. The van der Waals surface area contributed by atoms with Crippen LogP contribution in [0.2, 0.25) is 0 Å². The summed E-state index contributed by atoms with van der Waals surface area (Å²) in [5.74, 6) is 0. The Morgan fingerprint density at radius 3 is 2.72 bits per heavy atom. The van der Waals surface area contributed by atoms with Gasteiger partial charge in [0.25, 0.3) is 0 Å². The molecule has 1 aromatic rings. The SMILES string of the molecule is CC1=NNC(=O)N(N(C)S(=O)c2ccccc2)C1. The van der Waals surface area contributed by atoms with Crippen LogP contribution in [-0.2, 0) is 11.0 Å². The molecule has 7 heteroatoms. The lowest BCUT2D eigenvalue weighted by Gasteiger charge is -2.32. The predicted molar refractivity (Wildman–Crippen MR) is 69.0 cm³/mol. The van der Waals surface area contributed by atoms with E-state index in [0.717, 1.165) is 5.71 Å². The van der Waals surface area contributed by atoms with E-state index >= 15 is 0 Å². The Morgan fingerprint density at radius 2 is 2.06 bits per heavy atom. The highest BCUT2D eigenvalue weighted by Crippen LogP contribution is 2.12. The quantitative estimate of drug-likeness (QED) is 0.885. The third kappa shape index (κ3) is 2.57. The zero-order chi connectivity index (χ0) is 13.1. The molecular weight excluding hydrogens is 252 g/mol. The maximum absolute atomic E-state index is 12.3. The topological polar surface area (TPSA) is 65.0 Å². The summed E-state index contributed by atoms with van der Waals surface area (Å²) in [7, 11) is 0.194. The summed E-state index contributed by atoms with van der Waals surface area (Å²) in [6.45, 7) is 2.13. The van der Waals surface area contributed by atoms with Crippen molar-refractivity contribution >= 4 is 22.7 Å². The molecule has 0 aromatic heterocycles. The van der Waals surface area contributed by atoms with E-state index in [1.807, 2.05) is 18.2 Å². The standard InChI is InChI=1S/C11H14N4O2S/c1-9-8-15(11(16)13-12-9)14(2)18(17)10-6-4-3-5-7-10/h3-7H,8H2,1-2H3,(H,13,16). The average Bonchev–Trinajstić information content (AvgIpc) is 2.41. The lowest BCUT2D eigenvalue weighted by atomic mass is 10.4. The number of hydrogen-bond acceptors (Lipinski definition) is 3. The van der Waals surface area contributed by atoms with E-state index in [1.165, 1.54) is 9.42 Å². The summed E-state index contributed by atoms with van der Waals surface area (Å²) in [6, 6.07) is 8.61. The van der Waals surface area contributed by atoms with Gasteiger partial charge in [0.1, 0.15) is 11.0 Å². The first-order valence-electron chi connectivity index (χ1n) is 5.41. The summed E-state index contributed by atoms with van der Waals surface area (Å²) < 4.78 is 13.7. The minimum atomic E-state index is -1.42. The van der Waals surface area contributed by atoms with E-state index < -0.39 is 11.0 Å². The van der Waals surface area contributed by atoms with Gasteiger partial charge in [-0.3, -0.25) is 0 Å². The second kappa shape index (κ2) is 5.28. The molecular formula is C11H14N4O2S. The second-order valence-corrected chi connectivity index (χ2v) is 5.35. The number of carbonyl (C=O) groups excluding carboxylic acids is 1. The molecule has 0 aliphatic carbocycles. The Labute approximate surface area is 108 Å². The lowest BCUT2D eigenvalue weighted by Crippen LogP contribution is -2.53. The van der Waals surface area contributed by atoms with Crippen molar-refractivity contribution in [3.05, 3.63) is 30.3 Å². The molecule has 0 saturated carbocycles. The number of hydrogen-bond donors (Lipinski definition) is 1. The number of benzene rings is 1. The maximum atomic E-state index is 12.3. The van der Waals surface area contributed by atoms with Gasteiger partial charge in [-0.05, 0) is 19.1 Å². The zero-order valence-corrected chi connectivity index (χ0v) is 11.0. The van der Waals surface area contributed by atoms with Crippen LogP contribution in [0.1, 0.15) is 6.92 Å². The minimum absolute atomic E-state index is 0.334. The highest BCUT2D eigenvalue weighted by Gasteiger charge is 2.26. The van der Waals surface area contributed by atoms with Crippen LogP contribution in [0.25, 0.3) is 0 Å². The summed E-state index contributed by atoms with van der Waals surface area (Å²) in [5.41, 5.74) is 3.12. The highest BCUT2D eigenvalue weighted by molar-refractivity contribution is 7.82. The van der Waals surface area contributed by atoms with Crippen LogP contribution < -0.4 is 5.43 Å². The Kier molecular flexibility index (Phi) is 3.73. The van der Waals surface area contributed by atoms with Gasteiger partial charge in [0, 0.05) is 7.05 Å². The number of urea groups is 1. The fraction of sp³-hybridized carbons (Fsp3) is 0.273. The van der Waals surface area contributed by atoms with Crippen LogP contribution in [-0.4, -0.2) is 39.0 Å². The van der Waals surface area contributed by atoms with E-state index in [-0.39, 0.29) is 6.03 Å². The number of amides is 2. The highest BCUT2D eigenvalue weighted by atomic mass is 32.2. The van der Waals surface area contributed by atoms with E-state index in [2.05, 4.69) is 10.5 Å². The number of rotatable bonds is 3. The van der Waals surface area contributed by atoms with Crippen LogP contribution in [0.5, 0.6) is 0 Å². The molecule has 2 rings (SSSR count). The van der Waals surface area contributed by atoms with Gasteiger partial charge in [-0.25, -0.2) is 19.4 Å². The van der Waals surface area contributed by atoms with Crippen LogP contribution in [0, 0.1) is 0 Å². The van der Waals surface area contributed by atoms with Gasteiger partial charge in [0.2, 0.25) is 0 Å². The van der Waals surface area contributed by atoms with E-state index in [9.17, 15) is 9.00 Å². The zero-order valence-electron chi connectivity index (χ0n) is 10.2. The summed E-state index contributed by atoms with van der Waals surface area (Å²) in [4.78, 5) is 12.3. The number of nitrogens with one attached hydrogen (secondary N) is 1. The van der Waals surface area contributed by atoms with Crippen LogP contribution in [0.15, 0.2) is 40.3 Å². The number of hydrazine groups is 1. The Bertz CT molecular complexity index is 503.